The van der Waals surface area contributed by atoms with Crippen molar-refractivity contribution in [3.63, 3.8) is 0 Å². The van der Waals surface area contributed by atoms with E-state index in [1.54, 1.807) is 10.6 Å². The number of aryl methyl sites for hydroxylation is 1. The van der Waals surface area contributed by atoms with Crippen LogP contribution in [0.2, 0.25) is 0 Å². The van der Waals surface area contributed by atoms with E-state index in [0.717, 1.165) is 22.9 Å². The lowest BCUT2D eigenvalue weighted by molar-refractivity contribution is -0.384. The highest BCUT2D eigenvalue weighted by molar-refractivity contribution is 7.99. The number of nitro groups is 1. The monoisotopic (exact) mass is 469 g/mol. The minimum absolute atomic E-state index is 0.0322. The first-order valence-corrected chi connectivity index (χ1v) is 11.0. The molecule has 0 atom stereocenters. The zero-order valence-corrected chi connectivity index (χ0v) is 18.7. The van der Waals surface area contributed by atoms with E-state index in [9.17, 15) is 24.8 Å². The first-order chi connectivity index (χ1) is 15.9. The quantitative estimate of drug-likeness (QED) is 0.236. The van der Waals surface area contributed by atoms with E-state index < -0.39 is 4.92 Å². The highest BCUT2D eigenvalue weighted by Crippen LogP contribution is 2.21. The van der Waals surface area contributed by atoms with Crippen molar-refractivity contribution in [3.05, 3.63) is 81.7 Å². The number of nitrogens with one attached hydrogen (secondary N) is 2. The summed E-state index contributed by atoms with van der Waals surface area (Å²) >= 11 is 1.09. The SMILES string of the molecule is Cc1ccc(CNC(=O)Cn2c(CO)cnc2SCC(=O)Nc2cccc([N+](=O)[O-])c2)cc1. The standard InChI is InChI=1S/C22H23N5O5S/c1-15-5-7-16(8-6-15)10-23-20(29)12-26-19(13-28)11-24-22(26)33-14-21(30)25-17-3-2-4-18(9-17)27(31)32/h2-9,11,28H,10,12-14H2,1H3,(H,23,29)(H,25,30). The van der Waals surface area contributed by atoms with E-state index in [1.165, 1.54) is 24.4 Å². The van der Waals surface area contributed by atoms with Gasteiger partial charge in [-0.05, 0) is 18.6 Å². The summed E-state index contributed by atoms with van der Waals surface area (Å²) in [5, 5.41) is 26.3. The number of imidazole rings is 1. The van der Waals surface area contributed by atoms with Crippen LogP contribution in [0.25, 0.3) is 0 Å². The number of non-ortho nitro benzene ring substituents is 1. The van der Waals surface area contributed by atoms with Gasteiger partial charge in [-0.2, -0.15) is 0 Å². The third-order valence-corrected chi connectivity index (χ3v) is 5.64. The molecular formula is C22H23N5O5S. The lowest BCUT2D eigenvalue weighted by Crippen LogP contribution is -2.28. The molecule has 0 saturated heterocycles. The predicted molar refractivity (Wildman–Crippen MR) is 124 cm³/mol. The molecule has 11 heteroatoms. The van der Waals surface area contributed by atoms with Gasteiger partial charge in [0, 0.05) is 24.4 Å². The van der Waals surface area contributed by atoms with Crippen molar-refractivity contribution in [2.75, 3.05) is 11.1 Å². The lowest BCUT2D eigenvalue weighted by Gasteiger charge is -2.11. The van der Waals surface area contributed by atoms with Gasteiger partial charge in [0.15, 0.2) is 5.16 Å². The number of hydrogen-bond acceptors (Lipinski definition) is 7. The third kappa shape index (κ3) is 6.89. The predicted octanol–water partition coefficient (Wildman–Crippen LogP) is 2.64. The second-order valence-electron chi connectivity index (χ2n) is 7.18. The lowest BCUT2D eigenvalue weighted by atomic mass is 10.1. The van der Waals surface area contributed by atoms with Crippen LogP contribution in [0, 0.1) is 17.0 Å². The summed E-state index contributed by atoms with van der Waals surface area (Å²) < 4.78 is 1.55. The molecule has 0 saturated carbocycles. The molecule has 172 valence electrons. The third-order valence-electron chi connectivity index (χ3n) is 4.65. The Morgan fingerprint density at radius 3 is 2.64 bits per heavy atom. The van der Waals surface area contributed by atoms with Crippen LogP contribution in [0.4, 0.5) is 11.4 Å². The molecule has 3 rings (SSSR count). The molecule has 0 bridgehead atoms. The van der Waals surface area contributed by atoms with E-state index in [0.29, 0.717) is 23.1 Å². The largest absolute Gasteiger partial charge is 0.390 e. The molecule has 0 spiro atoms. The van der Waals surface area contributed by atoms with Crippen molar-refractivity contribution in [2.45, 2.75) is 31.8 Å². The number of nitro benzene ring substituents is 1. The number of benzene rings is 2. The average Bonchev–Trinajstić information content (AvgIpc) is 3.18. The van der Waals surface area contributed by atoms with Crippen LogP contribution < -0.4 is 10.6 Å². The number of rotatable bonds is 10. The Hall–Kier alpha value is -3.70. The first kappa shape index (κ1) is 24.0. The molecule has 1 aromatic heterocycles. The molecule has 1 heterocycles. The Balaban J connectivity index is 1.57. The molecule has 3 N–H and O–H groups in total. The summed E-state index contributed by atoms with van der Waals surface area (Å²) in [6, 6.07) is 13.5. The molecule has 0 aliphatic carbocycles. The second kappa shape index (κ2) is 11.2. The van der Waals surface area contributed by atoms with Gasteiger partial charge in [0.05, 0.1) is 29.2 Å². The van der Waals surface area contributed by atoms with Crippen molar-refractivity contribution >= 4 is 35.0 Å². The Kier molecular flexibility index (Phi) is 8.17. The van der Waals surface area contributed by atoms with E-state index in [1.807, 2.05) is 31.2 Å². The summed E-state index contributed by atoms with van der Waals surface area (Å²) in [6.07, 6.45) is 1.45. The van der Waals surface area contributed by atoms with Crippen LogP contribution >= 0.6 is 11.8 Å². The minimum Gasteiger partial charge on any atom is -0.390 e. The number of thioether (sulfide) groups is 1. The Morgan fingerprint density at radius 1 is 1.18 bits per heavy atom. The number of hydrogen-bond donors (Lipinski definition) is 3. The number of aliphatic hydroxyl groups is 1. The maximum absolute atomic E-state index is 12.5. The second-order valence-corrected chi connectivity index (χ2v) is 8.13. The highest BCUT2D eigenvalue weighted by Gasteiger charge is 2.15. The molecule has 0 aliphatic heterocycles. The highest BCUT2D eigenvalue weighted by atomic mass is 32.2. The Labute approximate surface area is 194 Å². The number of nitrogens with zero attached hydrogens (tertiary/aromatic N) is 3. The van der Waals surface area contributed by atoms with Gasteiger partial charge in [-0.3, -0.25) is 19.7 Å². The Bertz CT molecular complexity index is 1150. The number of carbonyl (C=O) groups excluding carboxylic acids is 2. The summed E-state index contributed by atoms with van der Waals surface area (Å²) in [5.41, 5.74) is 2.73. The Morgan fingerprint density at radius 2 is 1.94 bits per heavy atom. The molecule has 10 nitrogen and oxygen atoms in total. The molecule has 2 amide bonds. The zero-order valence-electron chi connectivity index (χ0n) is 17.9. The van der Waals surface area contributed by atoms with Crippen LogP contribution in [0.3, 0.4) is 0 Å². The molecule has 33 heavy (non-hydrogen) atoms. The van der Waals surface area contributed by atoms with Gasteiger partial charge in [-0.25, -0.2) is 4.98 Å². The van der Waals surface area contributed by atoms with Gasteiger partial charge in [-0.15, -0.1) is 0 Å². The maximum Gasteiger partial charge on any atom is 0.271 e. The van der Waals surface area contributed by atoms with Gasteiger partial charge in [0.25, 0.3) is 5.69 Å². The van der Waals surface area contributed by atoms with Gasteiger partial charge >= 0.3 is 0 Å². The van der Waals surface area contributed by atoms with Crippen molar-refractivity contribution in [1.29, 1.82) is 0 Å². The summed E-state index contributed by atoms with van der Waals surface area (Å²) in [7, 11) is 0. The van der Waals surface area contributed by atoms with E-state index in [-0.39, 0.29) is 36.4 Å². The molecule has 0 unspecified atom stereocenters. The van der Waals surface area contributed by atoms with Crippen LogP contribution in [0.5, 0.6) is 0 Å². The number of anilines is 1. The average molecular weight is 470 g/mol. The molecule has 0 aliphatic rings. The van der Waals surface area contributed by atoms with Gasteiger partial charge < -0.3 is 20.3 Å². The summed E-state index contributed by atoms with van der Waals surface area (Å²) in [5.74, 6) is -0.675. The summed E-state index contributed by atoms with van der Waals surface area (Å²) in [4.78, 5) is 39.3. The van der Waals surface area contributed by atoms with Crippen molar-refractivity contribution in [2.24, 2.45) is 0 Å². The van der Waals surface area contributed by atoms with Crippen LogP contribution in [0.15, 0.2) is 59.9 Å². The molecular weight excluding hydrogens is 446 g/mol. The molecule has 0 fully saturated rings. The fourth-order valence-corrected chi connectivity index (χ4v) is 3.73. The van der Waals surface area contributed by atoms with Gasteiger partial charge in [0.1, 0.15) is 6.54 Å². The minimum atomic E-state index is -0.540. The zero-order chi connectivity index (χ0) is 23.8. The molecule has 3 aromatic rings. The molecule has 2 aromatic carbocycles. The van der Waals surface area contributed by atoms with Crippen molar-refractivity contribution in [3.8, 4) is 0 Å². The van der Waals surface area contributed by atoms with E-state index in [2.05, 4.69) is 15.6 Å². The van der Waals surface area contributed by atoms with Crippen molar-refractivity contribution < 1.29 is 19.6 Å². The van der Waals surface area contributed by atoms with Crippen molar-refractivity contribution in [1.82, 2.24) is 14.9 Å². The fourth-order valence-electron chi connectivity index (χ4n) is 2.93. The van der Waals surface area contributed by atoms with Crippen LogP contribution in [-0.2, 0) is 29.3 Å². The number of carbonyl (C=O) groups is 2. The van der Waals surface area contributed by atoms with Crippen LogP contribution in [0.1, 0.15) is 16.8 Å². The van der Waals surface area contributed by atoms with E-state index >= 15 is 0 Å². The number of amides is 2. The number of aromatic nitrogens is 2. The number of aliphatic hydroxyl groups excluding tert-OH is 1. The smallest absolute Gasteiger partial charge is 0.271 e. The molecule has 0 radical (unpaired) electrons. The fraction of sp³-hybridized carbons (Fsp3) is 0.227. The van der Waals surface area contributed by atoms with Gasteiger partial charge in [0.2, 0.25) is 11.8 Å². The van der Waals surface area contributed by atoms with Gasteiger partial charge in [-0.1, -0.05) is 47.7 Å². The first-order valence-electron chi connectivity index (χ1n) is 10.0. The topological polar surface area (TPSA) is 139 Å². The summed E-state index contributed by atoms with van der Waals surface area (Å²) in [6.45, 7) is 1.99. The van der Waals surface area contributed by atoms with E-state index in [4.69, 9.17) is 0 Å². The van der Waals surface area contributed by atoms with Crippen LogP contribution in [-0.4, -0.2) is 37.1 Å². The normalized spacial score (nSPS) is 10.6. The maximum atomic E-state index is 12.5.